The highest BCUT2D eigenvalue weighted by Gasteiger charge is 2.67. The zero-order valence-electron chi connectivity index (χ0n) is 16.3. The Kier molecular flexibility index (Phi) is 3.57. The summed E-state index contributed by atoms with van der Waals surface area (Å²) in [5, 5.41) is 0. The molecule has 4 atom stereocenters. The molecule has 0 aromatic heterocycles. The number of carbonyl (C=O) groups is 2. The van der Waals surface area contributed by atoms with Crippen LogP contribution in [0.15, 0.2) is 54.6 Å². The van der Waals surface area contributed by atoms with Gasteiger partial charge in [-0.15, -0.1) is 0 Å². The van der Waals surface area contributed by atoms with Gasteiger partial charge in [-0.3, -0.25) is 9.59 Å². The van der Waals surface area contributed by atoms with E-state index in [1.165, 1.54) is 10.5 Å². The first-order valence-corrected chi connectivity index (χ1v) is 9.82. The van der Waals surface area contributed by atoms with Crippen molar-refractivity contribution < 1.29 is 14.3 Å². The number of rotatable bonds is 3. The van der Waals surface area contributed by atoms with E-state index in [9.17, 15) is 9.59 Å². The Morgan fingerprint density at radius 2 is 1.79 bits per heavy atom. The number of imide groups is 1. The Hall–Kier alpha value is -2.88. The fourth-order valence-electron chi connectivity index (χ4n) is 5.18. The molecule has 28 heavy (non-hydrogen) atoms. The molecular formula is C24H23NO3. The van der Waals surface area contributed by atoms with Crippen molar-refractivity contribution >= 4 is 17.5 Å². The van der Waals surface area contributed by atoms with Crippen molar-refractivity contribution in [1.82, 2.24) is 0 Å². The number of ether oxygens (including phenoxy) is 1. The van der Waals surface area contributed by atoms with Crippen LogP contribution in [0.3, 0.4) is 0 Å². The first-order valence-electron chi connectivity index (χ1n) is 9.82. The molecule has 5 rings (SSSR count). The zero-order chi connectivity index (χ0) is 19.6. The fraction of sp³-hybridized carbons (Fsp3) is 0.333. The number of benzene rings is 2. The van der Waals surface area contributed by atoms with Crippen LogP contribution in [0.1, 0.15) is 24.5 Å². The van der Waals surface area contributed by atoms with E-state index in [2.05, 4.69) is 25.1 Å². The molecule has 2 aliphatic carbocycles. The van der Waals surface area contributed by atoms with Gasteiger partial charge in [0.1, 0.15) is 11.5 Å². The number of anilines is 1. The van der Waals surface area contributed by atoms with Crippen LogP contribution in [0.5, 0.6) is 11.5 Å². The topological polar surface area (TPSA) is 46.6 Å². The number of carbonyl (C=O) groups excluding carboxylic acids is 2. The number of fused-ring (bicyclic) bond motifs is 5. The zero-order valence-corrected chi connectivity index (χ0v) is 16.3. The normalized spacial score (nSPS) is 30.2. The molecule has 0 unspecified atom stereocenters. The minimum atomic E-state index is -0.593. The molecular weight excluding hydrogens is 350 g/mol. The van der Waals surface area contributed by atoms with E-state index in [0.29, 0.717) is 11.4 Å². The van der Waals surface area contributed by atoms with E-state index in [1.54, 1.807) is 12.1 Å². The van der Waals surface area contributed by atoms with E-state index in [0.717, 1.165) is 17.7 Å². The second-order valence-electron chi connectivity index (χ2n) is 8.42. The third kappa shape index (κ3) is 2.17. The third-order valence-electron chi connectivity index (χ3n) is 6.99. The summed E-state index contributed by atoms with van der Waals surface area (Å²) in [5.41, 5.74) is 2.30. The number of amides is 2. The van der Waals surface area contributed by atoms with E-state index in [4.69, 9.17) is 4.74 Å². The molecule has 1 saturated heterocycles. The van der Waals surface area contributed by atoms with Crippen LogP contribution in [-0.4, -0.2) is 11.8 Å². The summed E-state index contributed by atoms with van der Waals surface area (Å²) in [6, 6.07) is 13.2. The molecule has 0 radical (unpaired) electrons. The molecule has 4 nitrogen and oxygen atoms in total. The maximum Gasteiger partial charge on any atom is 0.241 e. The van der Waals surface area contributed by atoms with E-state index < -0.39 is 5.41 Å². The molecule has 0 N–H and O–H groups in total. The summed E-state index contributed by atoms with van der Waals surface area (Å²) in [6.45, 7) is 6.04. The van der Waals surface area contributed by atoms with Crippen LogP contribution in [0, 0.1) is 37.0 Å². The van der Waals surface area contributed by atoms with Gasteiger partial charge in [-0.2, -0.15) is 0 Å². The minimum Gasteiger partial charge on any atom is -0.457 e. The Bertz CT molecular complexity index is 1020. The van der Waals surface area contributed by atoms with Crippen molar-refractivity contribution in [2.45, 2.75) is 27.2 Å². The lowest BCUT2D eigenvalue weighted by atomic mass is 9.71. The first kappa shape index (κ1) is 17.2. The van der Waals surface area contributed by atoms with Crippen LogP contribution in [0.2, 0.25) is 0 Å². The van der Waals surface area contributed by atoms with E-state index in [-0.39, 0.29) is 29.6 Å². The summed E-state index contributed by atoms with van der Waals surface area (Å²) in [5.74, 6) is 1.52. The predicted molar refractivity (Wildman–Crippen MR) is 107 cm³/mol. The molecule has 2 aromatic carbocycles. The predicted octanol–water partition coefficient (Wildman–Crippen LogP) is 4.80. The number of nitrogens with zero attached hydrogens (tertiary/aromatic N) is 1. The highest BCUT2D eigenvalue weighted by molar-refractivity contribution is 6.24. The standard InChI is InChI=1S/C24H23NO3/c1-14-5-4-6-20(15(14)2)28-19-11-9-18(10-12-19)25-22(26)21-16-7-8-17(13-16)24(21,3)23(25)27/h4-12,16-17,21H,13H2,1-3H3/t16-,17-,21-,24+/m1/s1. The Morgan fingerprint density at radius 3 is 2.50 bits per heavy atom. The quantitative estimate of drug-likeness (QED) is 0.574. The van der Waals surface area contributed by atoms with Gasteiger partial charge in [-0.05, 0) is 80.5 Å². The van der Waals surface area contributed by atoms with E-state index >= 15 is 0 Å². The number of allylic oxidation sites excluding steroid dienone is 2. The number of aryl methyl sites for hydroxylation is 1. The van der Waals surface area contributed by atoms with Crippen molar-refractivity contribution in [1.29, 1.82) is 0 Å². The molecule has 2 bridgehead atoms. The van der Waals surface area contributed by atoms with Gasteiger partial charge in [0.25, 0.3) is 0 Å². The summed E-state index contributed by atoms with van der Waals surface area (Å²) < 4.78 is 6.00. The molecule has 2 aromatic rings. The maximum atomic E-state index is 13.2. The van der Waals surface area contributed by atoms with Gasteiger partial charge in [0.05, 0.1) is 17.0 Å². The second-order valence-corrected chi connectivity index (χ2v) is 8.42. The summed E-state index contributed by atoms with van der Waals surface area (Å²) in [6.07, 6.45) is 5.17. The van der Waals surface area contributed by atoms with Gasteiger partial charge >= 0.3 is 0 Å². The average Bonchev–Trinajstić information content (AvgIpc) is 3.32. The van der Waals surface area contributed by atoms with Gasteiger partial charge in [0.2, 0.25) is 11.8 Å². The van der Waals surface area contributed by atoms with Crippen molar-refractivity contribution in [3.8, 4) is 11.5 Å². The maximum absolute atomic E-state index is 13.2. The molecule has 2 fully saturated rings. The highest BCUT2D eigenvalue weighted by atomic mass is 16.5. The molecule has 142 valence electrons. The molecule has 3 aliphatic rings. The van der Waals surface area contributed by atoms with Gasteiger partial charge < -0.3 is 4.74 Å². The summed E-state index contributed by atoms with van der Waals surface area (Å²) in [7, 11) is 0. The first-order chi connectivity index (χ1) is 13.4. The molecule has 1 heterocycles. The second kappa shape index (κ2) is 5.81. The lowest BCUT2D eigenvalue weighted by Gasteiger charge is -2.28. The summed E-state index contributed by atoms with van der Waals surface area (Å²) in [4.78, 5) is 27.7. The van der Waals surface area contributed by atoms with Crippen molar-refractivity contribution in [2.24, 2.45) is 23.2 Å². The largest absolute Gasteiger partial charge is 0.457 e. The Balaban J connectivity index is 1.42. The molecule has 4 heteroatoms. The lowest BCUT2D eigenvalue weighted by Crippen LogP contribution is -2.37. The van der Waals surface area contributed by atoms with Crippen molar-refractivity contribution in [2.75, 3.05) is 4.90 Å². The summed E-state index contributed by atoms with van der Waals surface area (Å²) >= 11 is 0. The van der Waals surface area contributed by atoms with Crippen molar-refractivity contribution in [3.05, 3.63) is 65.7 Å². The van der Waals surface area contributed by atoms with Gasteiger partial charge in [-0.25, -0.2) is 4.90 Å². The highest BCUT2D eigenvalue weighted by Crippen LogP contribution is 2.60. The molecule has 1 saturated carbocycles. The number of hydrogen-bond acceptors (Lipinski definition) is 3. The van der Waals surface area contributed by atoms with Gasteiger partial charge in [0, 0.05) is 0 Å². The Labute approximate surface area is 164 Å². The molecule has 2 amide bonds. The van der Waals surface area contributed by atoms with Gasteiger partial charge in [0.15, 0.2) is 0 Å². The number of hydrogen-bond donors (Lipinski definition) is 0. The SMILES string of the molecule is Cc1cccc(Oc2ccc(N3C(=O)[C@H]4[C@@H]5C=C[C@H](C5)[C@]4(C)C3=O)cc2)c1C. The van der Waals surface area contributed by atoms with Crippen LogP contribution < -0.4 is 9.64 Å². The van der Waals surface area contributed by atoms with Crippen LogP contribution in [-0.2, 0) is 9.59 Å². The van der Waals surface area contributed by atoms with E-state index in [1.807, 2.05) is 38.1 Å². The monoisotopic (exact) mass is 373 g/mol. The van der Waals surface area contributed by atoms with Crippen molar-refractivity contribution in [3.63, 3.8) is 0 Å². The lowest BCUT2D eigenvalue weighted by molar-refractivity contribution is -0.127. The van der Waals surface area contributed by atoms with Crippen LogP contribution in [0.25, 0.3) is 0 Å². The molecule has 1 aliphatic heterocycles. The Morgan fingerprint density at radius 1 is 1.04 bits per heavy atom. The average molecular weight is 373 g/mol. The minimum absolute atomic E-state index is 0.0625. The smallest absolute Gasteiger partial charge is 0.241 e. The molecule has 0 spiro atoms. The van der Waals surface area contributed by atoms with Crippen LogP contribution >= 0.6 is 0 Å². The third-order valence-corrected chi connectivity index (χ3v) is 6.99. The van der Waals surface area contributed by atoms with Crippen LogP contribution in [0.4, 0.5) is 5.69 Å². The fourth-order valence-corrected chi connectivity index (χ4v) is 5.18. The van der Waals surface area contributed by atoms with Gasteiger partial charge in [-0.1, -0.05) is 24.3 Å².